The smallest absolute Gasteiger partial charge is 0.307 e. The summed E-state index contributed by atoms with van der Waals surface area (Å²) in [7, 11) is 2.84. The van der Waals surface area contributed by atoms with Crippen LogP contribution in [0.2, 0.25) is 0 Å². The molecule has 0 unspecified atom stereocenters. The van der Waals surface area contributed by atoms with Crippen molar-refractivity contribution in [1.82, 2.24) is 9.88 Å². The van der Waals surface area contributed by atoms with Gasteiger partial charge in [-0.25, -0.2) is 0 Å². The highest BCUT2D eigenvalue weighted by molar-refractivity contribution is 5.95. The molecule has 0 aliphatic heterocycles. The summed E-state index contributed by atoms with van der Waals surface area (Å²) < 4.78 is 4.50. The molecule has 0 atom stereocenters. The van der Waals surface area contributed by atoms with Crippen molar-refractivity contribution in [3.63, 3.8) is 0 Å². The van der Waals surface area contributed by atoms with Crippen molar-refractivity contribution < 1.29 is 14.3 Å². The molecule has 6 nitrogen and oxygen atoms in total. The normalized spacial score (nSPS) is 10.1. The standard InChI is InChI=1S/C13H18N2O4/c1-8-7-9(2)14-12(17)11(8)13(18)15(3)6-5-10(16)19-4/h7H,5-6H2,1-4H3,(H,14,17). The van der Waals surface area contributed by atoms with Gasteiger partial charge in [-0.15, -0.1) is 0 Å². The molecule has 104 valence electrons. The van der Waals surface area contributed by atoms with Crippen LogP contribution in [0.25, 0.3) is 0 Å². The Kier molecular flexibility index (Phi) is 4.86. The van der Waals surface area contributed by atoms with Crippen LogP contribution in [0.4, 0.5) is 0 Å². The first-order valence-electron chi connectivity index (χ1n) is 5.89. The topological polar surface area (TPSA) is 79.5 Å². The van der Waals surface area contributed by atoms with Crippen molar-refractivity contribution in [2.24, 2.45) is 0 Å². The van der Waals surface area contributed by atoms with Gasteiger partial charge in [-0.2, -0.15) is 0 Å². The van der Waals surface area contributed by atoms with E-state index in [2.05, 4.69) is 9.72 Å². The molecule has 0 aliphatic rings. The second-order valence-electron chi connectivity index (χ2n) is 4.39. The summed E-state index contributed by atoms with van der Waals surface area (Å²) in [5.41, 5.74) is 1.03. The number of nitrogens with zero attached hydrogens (tertiary/aromatic N) is 1. The van der Waals surface area contributed by atoms with Gasteiger partial charge in [-0.1, -0.05) is 0 Å². The van der Waals surface area contributed by atoms with Gasteiger partial charge < -0.3 is 14.6 Å². The zero-order valence-corrected chi connectivity index (χ0v) is 11.6. The predicted molar refractivity (Wildman–Crippen MR) is 70.1 cm³/mol. The van der Waals surface area contributed by atoms with Crippen LogP contribution in [0.5, 0.6) is 0 Å². The Labute approximate surface area is 111 Å². The molecule has 1 aromatic heterocycles. The van der Waals surface area contributed by atoms with Crippen LogP contribution in [0.15, 0.2) is 10.9 Å². The zero-order valence-electron chi connectivity index (χ0n) is 11.6. The molecular formula is C13H18N2O4. The zero-order chi connectivity index (χ0) is 14.6. The van der Waals surface area contributed by atoms with E-state index in [9.17, 15) is 14.4 Å². The van der Waals surface area contributed by atoms with Crippen molar-refractivity contribution in [2.45, 2.75) is 20.3 Å². The minimum Gasteiger partial charge on any atom is -0.469 e. The number of rotatable bonds is 4. The fourth-order valence-electron chi connectivity index (χ4n) is 1.77. The summed E-state index contributed by atoms with van der Waals surface area (Å²) in [6.07, 6.45) is 0.0988. The number of methoxy groups -OCH3 is 1. The van der Waals surface area contributed by atoms with Gasteiger partial charge in [0.05, 0.1) is 13.5 Å². The molecule has 0 aromatic carbocycles. The molecule has 1 N–H and O–H groups in total. The van der Waals surface area contributed by atoms with Crippen molar-refractivity contribution in [3.8, 4) is 0 Å². The van der Waals surface area contributed by atoms with Crippen molar-refractivity contribution >= 4 is 11.9 Å². The van der Waals surface area contributed by atoms with E-state index < -0.39 is 17.4 Å². The highest BCUT2D eigenvalue weighted by atomic mass is 16.5. The summed E-state index contributed by atoms with van der Waals surface area (Å²) >= 11 is 0. The maximum atomic E-state index is 12.2. The Morgan fingerprint density at radius 1 is 1.37 bits per heavy atom. The Hall–Kier alpha value is -2.11. The van der Waals surface area contributed by atoms with Crippen LogP contribution in [-0.2, 0) is 9.53 Å². The fourth-order valence-corrected chi connectivity index (χ4v) is 1.77. The van der Waals surface area contributed by atoms with Gasteiger partial charge in [0.15, 0.2) is 0 Å². The number of carbonyl (C=O) groups is 2. The van der Waals surface area contributed by atoms with E-state index in [1.54, 1.807) is 27.0 Å². The van der Waals surface area contributed by atoms with E-state index in [1.807, 2.05) is 0 Å². The lowest BCUT2D eigenvalue weighted by atomic mass is 10.1. The molecule has 1 aromatic rings. The number of aryl methyl sites for hydroxylation is 2. The summed E-state index contributed by atoms with van der Waals surface area (Å²) in [6, 6.07) is 1.74. The minimum absolute atomic E-state index is 0.0988. The van der Waals surface area contributed by atoms with Crippen molar-refractivity contribution in [2.75, 3.05) is 20.7 Å². The number of esters is 1. The SMILES string of the molecule is COC(=O)CCN(C)C(=O)c1c(C)cc(C)[nH]c1=O. The van der Waals surface area contributed by atoms with E-state index in [4.69, 9.17) is 0 Å². The number of carbonyl (C=O) groups excluding carboxylic acids is 2. The van der Waals surface area contributed by atoms with Crippen LogP contribution < -0.4 is 5.56 Å². The number of hydrogen-bond acceptors (Lipinski definition) is 4. The maximum Gasteiger partial charge on any atom is 0.307 e. The summed E-state index contributed by atoms with van der Waals surface area (Å²) in [6.45, 7) is 3.67. The molecule has 0 radical (unpaired) electrons. The summed E-state index contributed by atoms with van der Waals surface area (Å²) in [5, 5.41) is 0. The van der Waals surface area contributed by atoms with Crippen LogP contribution in [0.1, 0.15) is 28.0 Å². The number of amides is 1. The second-order valence-corrected chi connectivity index (χ2v) is 4.39. The molecule has 0 aliphatic carbocycles. The molecule has 19 heavy (non-hydrogen) atoms. The average Bonchev–Trinajstić information content (AvgIpc) is 2.33. The molecule has 0 saturated heterocycles. The highest BCUT2D eigenvalue weighted by Gasteiger charge is 2.19. The lowest BCUT2D eigenvalue weighted by Crippen LogP contribution is -2.34. The van der Waals surface area contributed by atoms with E-state index in [1.165, 1.54) is 12.0 Å². The number of pyridine rings is 1. The number of aromatic nitrogens is 1. The van der Waals surface area contributed by atoms with Gasteiger partial charge in [-0.05, 0) is 25.5 Å². The molecule has 6 heteroatoms. The quantitative estimate of drug-likeness (QED) is 0.810. The van der Waals surface area contributed by atoms with E-state index in [0.29, 0.717) is 11.3 Å². The number of aromatic amines is 1. The Balaban J connectivity index is 2.89. The van der Waals surface area contributed by atoms with Gasteiger partial charge in [0, 0.05) is 19.3 Å². The average molecular weight is 266 g/mol. The van der Waals surface area contributed by atoms with Crippen molar-refractivity contribution in [3.05, 3.63) is 33.2 Å². The third-order valence-electron chi connectivity index (χ3n) is 2.80. The third-order valence-corrected chi connectivity index (χ3v) is 2.80. The summed E-state index contributed by atoms with van der Waals surface area (Å²) in [5.74, 6) is -0.795. The fraction of sp³-hybridized carbons (Fsp3) is 0.462. The number of ether oxygens (including phenoxy) is 1. The maximum absolute atomic E-state index is 12.2. The number of nitrogens with one attached hydrogen (secondary N) is 1. The molecular weight excluding hydrogens is 248 g/mol. The molecule has 1 amide bonds. The molecule has 0 spiro atoms. The third kappa shape index (κ3) is 3.67. The van der Waals surface area contributed by atoms with Crippen LogP contribution in [0.3, 0.4) is 0 Å². The van der Waals surface area contributed by atoms with Gasteiger partial charge in [-0.3, -0.25) is 14.4 Å². The monoisotopic (exact) mass is 266 g/mol. The van der Waals surface area contributed by atoms with Gasteiger partial charge in [0.1, 0.15) is 5.56 Å². The van der Waals surface area contributed by atoms with Gasteiger partial charge in [0.2, 0.25) is 0 Å². The Morgan fingerprint density at radius 2 is 2.00 bits per heavy atom. The van der Waals surface area contributed by atoms with Crippen LogP contribution in [0, 0.1) is 13.8 Å². The van der Waals surface area contributed by atoms with E-state index in [-0.39, 0.29) is 18.5 Å². The Bertz CT molecular complexity index is 548. The number of H-pyrrole nitrogens is 1. The predicted octanol–water partition coefficient (Wildman–Crippen LogP) is 0.627. The second kappa shape index (κ2) is 6.17. The highest BCUT2D eigenvalue weighted by Crippen LogP contribution is 2.07. The lowest BCUT2D eigenvalue weighted by molar-refractivity contribution is -0.140. The minimum atomic E-state index is -0.410. The largest absolute Gasteiger partial charge is 0.469 e. The molecule has 1 heterocycles. The van der Waals surface area contributed by atoms with Gasteiger partial charge >= 0.3 is 5.97 Å². The molecule has 0 fully saturated rings. The van der Waals surface area contributed by atoms with Crippen LogP contribution in [-0.4, -0.2) is 42.5 Å². The van der Waals surface area contributed by atoms with Crippen molar-refractivity contribution in [1.29, 1.82) is 0 Å². The molecule has 1 rings (SSSR count). The van der Waals surface area contributed by atoms with Gasteiger partial charge in [0.25, 0.3) is 11.5 Å². The van der Waals surface area contributed by atoms with E-state index >= 15 is 0 Å². The first kappa shape index (κ1) is 14.9. The first-order valence-corrected chi connectivity index (χ1v) is 5.89. The summed E-state index contributed by atoms with van der Waals surface area (Å²) in [4.78, 5) is 38.9. The first-order chi connectivity index (χ1) is 8.86. The lowest BCUT2D eigenvalue weighted by Gasteiger charge is -2.17. The Morgan fingerprint density at radius 3 is 2.53 bits per heavy atom. The molecule has 0 bridgehead atoms. The van der Waals surface area contributed by atoms with Crippen LogP contribution >= 0.6 is 0 Å². The van der Waals surface area contributed by atoms with E-state index in [0.717, 1.165) is 0 Å². The molecule has 0 saturated carbocycles. The number of hydrogen-bond donors (Lipinski definition) is 1.